The van der Waals surface area contributed by atoms with Gasteiger partial charge in [0.1, 0.15) is 5.75 Å². The van der Waals surface area contributed by atoms with Crippen molar-refractivity contribution in [3.8, 4) is 5.75 Å². The number of rotatable bonds is 3. The summed E-state index contributed by atoms with van der Waals surface area (Å²) in [4.78, 5) is 15.5. The van der Waals surface area contributed by atoms with E-state index in [-0.39, 0.29) is 5.91 Å². The van der Waals surface area contributed by atoms with Gasteiger partial charge in [0.05, 0.1) is 12.0 Å². The van der Waals surface area contributed by atoms with E-state index >= 15 is 0 Å². The van der Waals surface area contributed by atoms with Crippen molar-refractivity contribution in [2.24, 2.45) is 0 Å². The minimum atomic E-state index is -0.0712. The molecule has 100 valence electrons. The average molecular weight is 276 g/mol. The number of hydrogen-bond donors (Lipinski definition) is 1. The maximum Gasteiger partial charge on any atom is 0.268 e. The van der Waals surface area contributed by atoms with Crippen molar-refractivity contribution in [3.05, 3.63) is 40.1 Å². The van der Waals surface area contributed by atoms with Gasteiger partial charge in [0, 0.05) is 29.4 Å². The van der Waals surface area contributed by atoms with Crippen LogP contribution in [0.2, 0.25) is 0 Å². The van der Waals surface area contributed by atoms with E-state index in [1.165, 1.54) is 11.3 Å². The molecule has 0 saturated heterocycles. The Morgan fingerprint density at radius 3 is 2.68 bits per heavy atom. The number of anilines is 2. The summed E-state index contributed by atoms with van der Waals surface area (Å²) in [6, 6.07) is 9.10. The number of hydrogen-bond acceptors (Lipinski definition) is 4. The zero-order valence-corrected chi connectivity index (χ0v) is 12.0. The van der Waals surface area contributed by atoms with E-state index in [1.54, 1.807) is 25.1 Å². The summed E-state index contributed by atoms with van der Waals surface area (Å²) in [7, 11) is 3.34. The highest BCUT2D eigenvalue weighted by Crippen LogP contribution is 2.27. The third-order valence-corrected chi connectivity index (χ3v) is 3.97. The molecule has 0 radical (unpaired) electrons. The Morgan fingerprint density at radius 2 is 2.11 bits per heavy atom. The number of nitrogen functional groups attached to an aromatic ring is 1. The van der Waals surface area contributed by atoms with Crippen molar-refractivity contribution >= 4 is 28.6 Å². The standard InChI is InChI=1S/C14H16N2O2S/c1-9-12(15)8-13(19-9)14(17)16(2)10-5-4-6-11(7-10)18-3/h4-8H,15H2,1-3H3. The third kappa shape index (κ3) is 2.71. The fourth-order valence-corrected chi connectivity index (χ4v) is 2.62. The van der Waals surface area contributed by atoms with Gasteiger partial charge in [0.15, 0.2) is 0 Å². The van der Waals surface area contributed by atoms with Gasteiger partial charge >= 0.3 is 0 Å². The van der Waals surface area contributed by atoms with Crippen LogP contribution in [-0.2, 0) is 0 Å². The largest absolute Gasteiger partial charge is 0.497 e. The van der Waals surface area contributed by atoms with Crippen molar-refractivity contribution in [1.82, 2.24) is 0 Å². The summed E-state index contributed by atoms with van der Waals surface area (Å²) < 4.78 is 5.16. The maximum absolute atomic E-state index is 12.4. The molecule has 1 amide bonds. The Hall–Kier alpha value is -2.01. The van der Waals surface area contributed by atoms with E-state index in [9.17, 15) is 4.79 Å². The second-order valence-corrected chi connectivity index (χ2v) is 5.44. The van der Waals surface area contributed by atoms with Crippen LogP contribution in [0.4, 0.5) is 11.4 Å². The lowest BCUT2D eigenvalue weighted by Crippen LogP contribution is -2.25. The van der Waals surface area contributed by atoms with Crippen LogP contribution in [0.5, 0.6) is 5.75 Å². The Kier molecular flexibility index (Phi) is 3.76. The smallest absolute Gasteiger partial charge is 0.268 e. The molecule has 1 heterocycles. The number of ether oxygens (including phenoxy) is 1. The highest BCUT2D eigenvalue weighted by Gasteiger charge is 2.17. The van der Waals surface area contributed by atoms with Gasteiger partial charge in [0.25, 0.3) is 5.91 Å². The van der Waals surface area contributed by atoms with Gasteiger partial charge in [-0.15, -0.1) is 11.3 Å². The van der Waals surface area contributed by atoms with Gasteiger partial charge in [-0.05, 0) is 25.1 Å². The van der Waals surface area contributed by atoms with E-state index in [4.69, 9.17) is 10.5 Å². The second-order valence-electron chi connectivity index (χ2n) is 4.19. The number of carbonyl (C=O) groups is 1. The molecule has 5 heteroatoms. The van der Waals surface area contributed by atoms with Crippen molar-refractivity contribution in [3.63, 3.8) is 0 Å². The minimum absolute atomic E-state index is 0.0712. The summed E-state index contributed by atoms with van der Waals surface area (Å²) in [5.41, 5.74) is 7.23. The van der Waals surface area contributed by atoms with Gasteiger partial charge in [-0.25, -0.2) is 0 Å². The quantitative estimate of drug-likeness (QED) is 0.937. The molecule has 0 aliphatic carbocycles. The lowest BCUT2D eigenvalue weighted by Gasteiger charge is -2.17. The fraction of sp³-hybridized carbons (Fsp3) is 0.214. The molecule has 1 aromatic carbocycles. The molecule has 0 aliphatic heterocycles. The first-order valence-corrected chi connectivity index (χ1v) is 6.62. The van der Waals surface area contributed by atoms with E-state index < -0.39 is 0 Å². The number of aryl methyl sites for hydroxylation is 1. The number of amides is 1. The molecule has 2 N–H and O–H groups in total. The molecule has 4 nitrogen and oxygen atoms in total. The second kappa shape index (κ2) is 5.32. The van der Waals surface area contributed by atoms with Crippen LogP contribution < -0.4 is 15.4 Å². The van der Waals surface area contributed by atoms with Gasteiger partial charge in [-0.2, -0.15) is 0 Å². The first kappa shape index (κ1) is 13.4. The predicted octanol–water partition coefficient (Wildman–Crippen LogP) is 2.92. The number of thiophene rings is 1. The topological polar surface area (TPSA) is 55.6 Å². The molecule has 19 heavy (non-hydrogen) atoms. The SMILES string of the molecule is COc1cccc(N(C)C(=O)c2cc(N)c(C)s2)c1. The lowest BCUT2D eigenvalue weighted by atomic mass is 10.2. The molecule has 2 rings (SSSR count). The monoisotopic (exact) mass is 276 g/mol. The molecular weight excluding hydrogens is 260 g/mol. The van der Waals surface area contributed by atoms with E-state index in [0.717, 1.165) is 16.3 Å². The Balaban J connectivity index is 2.27. The fourth-order valence-electron chi connectivity index (χ4n) is 1.70. The van der Waals surface area contributed by atoms with Crippen molar-refractivity contribution in [2.75, 3.05) is 24.8 Å². The molecule has 0 saturated carbocycles. The van der Waals surface area contributed by atoms with Crippen LogP contribution in [-0.4, -0.2) is 20.1 Å². The minimum Gasteiger partial charge on any atom is -0.497 e. The van der Waals surface area contributed by atoms with Gasteiger partial charge in [-0.1, -0.05) is 6.07 Å². The van der Waals surface area contributed by atoms with Gasteiger partial charge < -0.3 is 15.4 Å². The zero-order valence-electron chi connectivity index (χ0n) is 11.1. The maximum atomic E-state index is 12.4. The zero-order chi connectivity index (χ0) is 14.0. The van der Waals surface area contributed by atoms with Crippen LogP contribution in [0, 0.1) is 6.92 Å². The lowest BCUT2D eigenvalue weighted by molar-refractivity contribution is 0.0997. The third-order valence-electron chi connectivity index (χ3n) is 2.91. The first-order chi connectivity index (χ1) is 9.02. The molecule has 0 bridgehead atoms. The Labute approximate surface area is 116 Å². The van der Waals surface area contributed by atoms with Crippen LogP contribution in [0.1, 0.15) is 14.5 Å². The van der Waals surface area contributed by atoms with Crippen molar-refractivity contribution in [1.29, 1.82) is 0 Å². The molecule has 0 atom stereocenters. The molecule has 0 unspecified atom stereocenters. The molecule has 0 aliphatic rings. The number of carbonyl (C=O) groups excluding carboxylic acids is 1. The number of nitrogens with two attached hydrogens (primary N) is 1. The van der Waals surface area contributed by atoms with Crippen molar-refractivity contribution in [2.45, 2.75) is 6.92 Å². The van der Waals surface area contributed by atoms with E-state index in [1.807, 2.05) is 31.2 Å². The Morgan fingerprint density at radius 1 is 1.37 bits per heavy atom. The molecule has 0 fully saturated rings. The van der Waals surface area contributed by atoms with Gasteiger partial charge in [-0.3, -0.25) is 4.79 Å². The summed E-state index contributed by atoms with van der Waals surface area (Å²) in [5, 5.41) is 0. The van der Waals surface area contributed by atoms with Crippen LogP contribution in [0.15, 0.2) is 30.3 Å². The normalized spacial score (nSPS) is 10.3. The van der Waals surface area contributed by atoms with E-state index in [0.29, 0.717) is 10.6 Å². The number of nitrogens with zero attached hydrogens (tertiary/aromatic N) is 1. The van der Waals surface area contributed by atoms with Crippen LogP contribution in [0.3, 0.4) is 0 Å². The Bertz CT molecular complexity index is 588. The molecule has 2 aromatic rings. The summed E-state index contributed by atoms with van der Waals surface area (Å²) in [6.45, 7) is 1.91. The number of benzene rings is 1. The van der Waals surface area contributed by atoms with Gasteiger partial charge in [0.2, 0.25) is 0 Å². The first-order valence-electron chi connectivity index (χ1n) is 5.81. The highest BCUT2D eigenvalue weighted by molar-refractivity contribution is 7.14. The molecule has 1 aromatic heterocycles. The van der Waals surface area contributed by atoms with Crippen LogP contribution in [0.25, 0.3) is 0 Å². The molecule has 0 spiro atoms. The molecular formula is C14H16N2O2S. The summed E-state index contributed by atoms with van der Waals surface area (Å²) in [5.74, 6) is 0.650. The number of methoxy groups -OCH3 is 1. The summed E-state index contributed by atoms with van der Waals surface area (Å²) >= 11 is 1.41. The predicted molar refractivity (Wildman–Crippen MR) is 79.2 cm³/mol. The van der Waals surface area contributed by atoms with E-state index in [2.05, 4.69) is 0 Å². The van der Waals surface area contributed by atoms with Crippen molar-refractivity contribution < 1.29 is 9.53 Å². The summed E-state index contributed by atoms with van der Waals surface area (Å²) in [6.07, 6.45) is 0. The van der Waals surface area contributed by atoms with Crippen LogP contribution >= 0.6 is 11.3 Å². The highest BCUT2D eigenvalue weighted by atomic mass is 32.1. The average Bonchev–Trinajstić information content (AvgIpc) is 2.77.